The Morgan fingerprint density at radius 1 is 1.00 bits per heavy atom. The minimum Gasteiger partial charge on any atom is -0.444 e. The molecular formula is C24H38N6O8S. The van der Waals surface area contributed by atoms with Crippen LogP contribution in [0.5, 0.6) is 0 Å². The Labute approximate surface area is 231 Å². The van der Waals surface area contributed by atoms with Gasteiger partial charge in [-0.15, -0.1) is 0 Å². The van der Waals surface area contributed by atoms with Crippen molar-refractivity contribution in [3.63, 3.8) is 0 Å². The van der Waals surface area contributed by atoms with E-state index in [-0.39, 0.29) is 30.8 Å². The lowest BCUT2D eigenvalue weighted by atomic mass is 10.1. The van der Waals surface area contributed by atoms with Crippen molar-refractivity contribution in [2.75, 3.05) is 12.3 Å². The molecule has 0 aliphatic rings. The fraction of sp³-hybridized carbons (Fsp3) is 0.625. The van der Waals surface area contributed by atoms with Gasteiger partial charge in [-0.1, -0.05) is 11.8 Å². The summed E-state index contributed by atoms with van der Waals surface area (Å²) in [6.07, 6.45) is 0.850. The molecular weight excluding hydrogens is 532 g/mol. The maximum absolute atomic E-state index is 13.1. The van der Waals surface area contributed by atoms with Gasteiger partial charge in [-0.3, -0.25) is 19.2 Å². The highest BCUT2D eigenvalue weighted by Gasteiger charge is 2.28. The standard InChI is InChI=1S/C24H38N6O8S/c1-14(31)28-17(19(25)33)12-39-20(34)16(29-18(32)8-9-27-21(35)37-23(2,3)4)10-15-11-26-13-30(15)22(36)38-24(5,6)7/h11,13,16-17H,8-10,12H2,1-7H3,(H2,25,33)(H,27,35)(H,28,31)(H,29,32)/t16-,17-/m0/s1. The number of amides is 4. The summed E-state index contributed by atoms with van der Waals surface area (Å²) in [7, 11) is 0. The molecule has 0 saturated carbocycles. The summed E-state index contributed by atoms with van der Waals surface area (Å²) in [5.41, 5.74) is 4.09. The largest absolute Gasteiger partial charge is 0.444 e. The number of ether oxygens (including phenoxy) is 2. The number of aromatic nitrogens is 2. The predicted octanol–water partition coefficient (Wildman–Crippen LogP) is 0.858. The highest BCUT2D eigenvalue weighted by atomic mass is 32.2. The van der Waals surface area contributed by atoms with Crippen molar-refractivity contribution in [2.24, 2.45) is 5.73 Å². The van der Waals surface area contributed by atoms with E-state index < -0.39 is 58.3 Å². The summed E-state index contributed by atoms with van der Waals surface area (Å²) in [6.45, 7) is 11.3. The molecule has 5 N–H and O–H groups in total. The van der Waals surface area contributed by atoms with Gasteiger partial charge >= 0.3 is 12.2 Å². The molecule has 0 saturated heterocycles. The molecule has 2 atom stereocenters. The smallest absolute Gasteiger partial charge is 0.420 e. The maximum atomic E-state index is 13.1. The Morgan fingerprint density at radius 2 is 1.62 bits per heavy atom. The number of carbonyl (C=O) groups is 6. The van der Waals surface area contributed by atoms with Gasteiger partial charge < -0.3 is 31.2 Å². The van der Waals surface area contributed by atoms with E-state index in [0.29, 0.717) is 11.8 Å². The van der Waals surface area contributed by atoms with Crippen LogP contribution in [0.1, 0.15) is 60.6 Å². The number of thioether (sulfide) groups is 1. The maximum Gasteiger partial charge on any atom is 0.420 e. The first-order valence-corrected chi connectivity index (χ1v) is 13.1. The van der Waals surface area contributed by atoms with Crippen LogP contribution in [0.25, 0.3) is 0 Å². The zero-order chi connectivity index (χ0) is 30.0. The number of primary amides is 1. The van der Waals surface area contributed by atoms with E-state index in [4.69, 9.17) is 15.2 Å². The predicted molar refractivity (Wildman–Crippen MR) is 143 cm³/mol. The second kappa shape index (κ2) is 14.5. The summed E-state index contributed by atoms with van der Waals surface area (Å²) in [4.78, 5) is 77.1. The Bertz CT molecular complexity index is 1060. The molecule has 1 heterocycles. The Balaban J connectivity index is 3.00. The molecule has 0 radical (unpaired) electrons. The van der Waals surface area contributed by atoms with Gasteiger partial charge in [0.2, 0.25) is 22.8 Å². The van der Waals surface area contributed by atoms with Crippen LogP contribution >= 0.6 is 11.8 Å². The normalized spacial score (nSPS) is 13.0. The van der Waals surface area contributed by atoms with Crippen molar-refractivity contribution in [1.29, 1.82) is 0 Å². The van der Waals surface area contributed by atoms with Gasteiger partial charge in [0.1, 0.15) is 29.6 Å². The fourth-order valence-electron chi connectivity index (χ4n) is 2.92. The third-order valence-corrected chi connectivity index (χ3v) is 5.54. The summed E-state index contributed by atoms with van der Waals surface area (Å²) in [6, 6.07) is -2.27. The third kappa shape index (κ3) is 13.7. The third-order valence-electron chi connectivity index (χ3n) is 4.47. The molecule has 15 heteroatoms. The minimum atomic E-state index is -1.16. The molecule has 1 aromatic rings. The Morgan fingerprint density at radius 3 is 2.15 bits per heavy atom. The number of rotatable bonds is 11. The van der Waals surface area contributed by atoms with E-state index in [1.165, 1.54) is 19.4 Å². The molecule has 14 nitrogen and oxygen atoms in total. The van der Waals surface area contributed by atoms with Crippen molar-refractivity contribution >= 4 is 46.8 Å². The van der Waals surface area contributed by atoms with Crippen LogP contribution in [0.4, 0.5) is 9.59 Å². The minimum absolute atomic E-state index is 0.0586. The van der Waals surface area contributed by atoms with Crippen molar-refractivity contribution in [2.45, 2.75) is 84.6 Å². The summed E-state index contributed by atoms with van der Waals surface area (Å²) in [5.74, 6) is -2.08. The van der Waals surface area contributed by atoms with Crippen LogP contribution in [0.2, 0.25) is 0 Å². The number of hydrogen-bond donors (Lipinski definition) is 4. The molecule has 39 heavy (non-hydrogen) atoms. The van der Waals surface area contributed by atoms with Gasteiger partial charge in [0.25, 0.3) is 0 Å². The summed E-state index contributed by atoms with van der Waals surface area (Å²) >= 11 is 0.681. The first-order valence-electron chi connectivity index (χ1n) is 12.1. The average Bonchev–Trinajstić information content (AvgIpc) is 3.21. The number of imidazole rings is 1. The van der Waals surface area contributed by atoms with Crippen LogP contribution < -0.4 is 21.7 Å². The fourth-order valence-corrected chi connectivity index (χ4v) is 3.84. The van der Waals surface area contributed by atoms with E-state index in [1.54, 1.807) is 41.5 Å². The topological polar surface area (TPSA) is 201 Å². The van der Waals surface area contributed by atoms with E-state index in [1.807, 2.05) is 0 Å². The quantitative estimate of drug-likeness (QED) is 0.296. The highest BCUT2D eigenvalue weighted by molar-refractivity contribution is 8.13. The average molecular weight is 571 g/mol. The summed E-state index contributed by atoms with van der Waals surface area (Å²) in [5, 5.41) is 6.84. The van der Waals surface area contributed by atoms with Crippen LogP contribution in [0.3, 0.4) is 0 Å². The van der Waals surface area contributed by atoms with Crippen LogP contribution in [0, 0.1) is 0 Å². The van der Waals surface area contributed by atoms with Gasteiger partial charge in [-0.05, 0) is 41.5 Å². The van der Waals surface area contributed by atoms with E-state index in [0.717, 1.165) is 4.57 Å². The van der Waals surface area contributed by atoms with E-state index in [2.05, 4.69) is 20.9 Å². The van der Waals surface area contributed by atoms with Gasteiger partial charge in [0, 0.05) is 38.3 Å². The number of carbonyl (C=O) groups excluding carboxylic acids is 6. The van der Waals surface area contributed by atoms with E-state index >= 15 is 0 Å². The highest BCUT2D eigenvalue weighted by Crippen LogP contribution is 2.15. The van der Waals surface area contributed by atoms with Gasteiger partial charge in [0.15, 0.2) is 0 Å². The molecule has 0 fully saturated rings. The first kappa shape index (κ1) is 33.4. The molecule has 0 aliphatic carbocycles. The Hall–Kier alpha value is -3.62. The number of nitrogens with one attached hydrogen (secondary N) is 3. The van der Waals surface area contributed by atoms with Crippen LogP contribution in [0.15, 0.2) is 12.5 Å². The van der Waals surface area contributed by atoms with E-state index in [9.17, 15) is 28.8 Å². The number of hydrogen-bond acceptors (Lipinski definition) is 10. The molecule has 1 aromatic heterocycles. The Kier molecular flexibility index (Phi) is 12.4. The SMILES string of the molecule is CC(=O)N[C@@H](CSC(=O)[C@H](Cc1cncn1C(=O)OC(C)(C)C)NC(=O)CCNC(=O)OC(C)(C)C)C(N)=O. The van der Waals surface area contributed by atoms with Crippen LogP contribution in [-0.2, 0) is 35.1 Å². The molecule has 0 aromatic carbocycles. The number of alkyl carbamates (subject to hydrolysis) is 1. The number of nitrogens with two attached hydrogens (primary N) is 1. The van der Waals surface area contributed by atoms with Crippen LogP contribution in [-0.4, -0.2) is 80.2 Å². The van der Waals surface area contributed by atoms with Crippen molar-refractivity contribution in [1.82, 2.24) is 25.5 Å². The molecule has 0 bridgehead atoms. The molecule has 0 aliphatic heterocycles. The zero-order valence-corrected chi connectivity index (χ0v) is 24.1. The van der Waals surface area contributed by atoms with Gasteiger partial charge in [-0.25, -0.2) is 19.1 Å². The lowest BCUT2D eigenvalue weighted by molar-refractivity contribution is -0.125. The second-order valence-electron chi connectivity index (χ2n) is 10.5. The molecule has 4 amide bonds. The molecule has 0 spiro atoms. The van der Waals surface area contributed by atoms with Crippen molar-refractivity contribution in [3.05, 3.63) is 18.2 Å². The lowest BCUT2D eigenvalue weighted by Gasteiger charge is -2.22. The summed E-state index contributed by atoms with van der Waals surface area (Å²) < 4.78 is 11.6. The van der Waals surface area contributed by atoms with Crippen molar-refractivity contribution in [3.8, 4) is 0 Å². The second-order valence-corrected chi connectivity index (χ2v) is 11.5. The lowest BCUT2D eigenvalue weighted by Crippen LogP contribution is -2.47. The van der Waals surface area contributed by atoms with Crippen molar-refractivity contribution < 1.29 is 38.2 Å². The molecule has 218 valence electrons. The number of nitrogens with zero attached hydrogens (tertiary/aromatic N) is 2. The van der Waals surface area contributed by atoms with Gasteiger partial charge in [0.05, 0.1) is 5.69 Å². The monoisotopic (exact) mass is 570 g/mol. The zero-order valence-electron chi connectivity index (χ0n) is 23.3. The molecule has 0 unspecified atom stereocenters. The first-order chi connectivity index (χ1) is 17.9. The van der Waals surface area contributed by atoms with Gasteiger partial charge in [-0.2, -0.15) is 0 Å². The molecule has 1 rings (SSSR count).